The fourth-order valence-electron chi connectivity index (χ4n) is 2.10. The van der Waals surface area contributed by atoms with Crippen molar-refractivity contribution in [3.8, 4) is 0 Å². The number of thioether (sulfide) groups is 1. The smallest absolute Gasteiger partial charge is 0.311 e. The van der Waals surface area contributed by atoms with Crippen LogP contribution >= 0.6 is 11.8 Å². The van der Waals surface area contributed by atoms with Crippen LogP contribution in [0, 0.1) is 13.8 Å². The summed E-state index contributed by atoms with van der Waals surface area (Å²) in [6.45, 7) is 4.05. The Bertz CT molecular complexity index is 412. The second-order valence-corrected chi connectivity index (χ2v) is 5.08. The van der Waals surface area contributed by atoms with Crippen molar-refractivity contribution < 1.29 is 9.90 Å². The number of carboxylic acid groups (broad SMARTS) is 1. The highest BCUT2D eigenvalue weighted by molar-refractivity contribution is 7.99. The van der Waals surface area contributed by atoms with Crippen LogP contribution in [-0.4, -0.2) is 16.8 Å². The van der Waals surface area contributed by atoms with Crippen LogP contribution in [-0.2, 0) is 4.79 Å². The molecule has 1 heterocycles. The second kappa shape index (κ2) is 3.89. The van der Waals surface area contributed by atoms with Gasteiger partial charge in [0.25, 0.3) is 0 Å². The number of carbonyl (C=O) groups is 1. The first-order valence-electron chi connectivity index (χ1n) is 5.07. The van der Waals surface area contributed by atoms with Gasteiger partial charge in [0, 0.05) is 4.90 Å². The van der Waals surface area contributed by atoms with Gasteiger partial charge in [-0.25, -0.2) is 0 Å². The molecule has 3 heteroatoms. The van der Waals surface area contributed by atoms with Crippen molar-refractivity contribution in [1.82, 2.24) is 0 Å². The first-order chi connectivity index (χ1) is 7.11. The normalized spacial score (nSPS) is 19.7. The summed E-state index contributed by atoms with van der Waals surface area (Å²) in [6, 6.07) is 4.10. The molecule has 0 aromatic heterocycles. The van der Waals surface area contributed by atoms with Gasteiger partial charge >= 0.3 is 5.97 Å². The number of hydrogen-bond acceptors (Lipinski definition) is 2. The first kappa shape index (κ1) is 10.6. The van der Waals surface area contributed by atoms with E-state index in [4.69, 9.17) is 0 Å². The van der Waals surface area contributed by atoms with Gasteiger partial charge in [-0.3, -0.25) is 4.79 Å². The standard InChI is InChI=1S/C12H14O2S/c1-7-3-4-8(2)11-10(7)9(12(13)14)5-6-15-11/h3-4,9H,5-6H2,1-2H3,(H,13,14). The van der Waals surface area contributed by atoms with E-state index in [1.165, 1.54) is 10.5 Å². The van der Waals surface area contributed by atoms with E-state index in [1.807, 2.05) is 13.0 Å². The maximum atomic E-state index is 11.2. The lowest BCUT2D eigenvalue weighted by Gasteiger charge is -2.25. The fraction of sp³-hybridized carbons (Fsp3) is 0.417. The van der Waals surface area contributed by atoms with E-state index in [-0.39, 0.29) is 5.92 Å². The van der Waals surface area contributed by atoms with Crippen molar-refractivity contribution >= 4 is 17.7 Å². The molecule has 1 aliphatic heterocycles. The monoisotopic (exact) mass is 222 g/mol. The lowest BCUT2D eigenvalue weighted by atomic mass is 9.91. The van der Waals surface area contributed by atoms with Crippen molar-refractivity contribution in [2.24, 2.45) is 0 Å². The highest BCUT2D eigenvalue weighted by Crippen LogP contribution is 2.41. The number of aliphatic carboxylic acids is 1. The second-order valence-electron chi connectivity index (χ2n) is 3.97. The van der Waals surface area contributed by atoms with Crippen LogP contribution in [0.5, 0.6) is 0 Å². The van der Waals surface area contributed by atoms with Gasteiger partial charge in [0.05, 0.1) is 5.92 Å². The molecule has 15 heavy (non-hydrogen) atoms. The molecule has 0 bridgehead atoms. The molecule has 0 radical (unpaired) electrons. The third kappa shape index (κ3) is 1.76. The lowest BCUT2D eigenvalue weighted by Crippen LogP contribution is -2.18. The number of benzene rings is 1. The Hall–Kier alpha value is -0.960. The van der Waals surface area contributed by atoms with Crippen LogP contribution in [0.25, 0.3) is 0 Å². The molecule has 0 amide bonds. The Labute approximate surface area is 93.7 Å². The molecule has 0 fully saturated rings. The summed E-state index contributed by atoms with van der Waals surface area (Å²) in [4.78, 5) is 12.4. The zero-order valence-electron chi connectivity index (χ0n) is 8.91. The van der Waals surface area contributed by atoms with Gasteiger partial charge in [0.15, 0.2) is 0 Å². The molecule has 1 N–H and O–H groups in total. The van der Waals surface area contributed by atoms with E-state index in [1.54, 1.807) is 11.8 Å². The summed E-state index contributed by atoms with van der Waals surface area (Å²) in [5.74, 6) is -0.0831. The zero-order chi connectivity index (χ0) is 11.0. The zero-order valence-corrected chi connectivity index (χ0v) is 9.73. The average Bonchev–Trinajstić information content (AvgIpc) is 2.23. The van der Waals surface area contributed by atoms with Gasteiger partial charge in [-0.2, -0.15) is 0 Å². The van der Waals surface area contributed by atoms with E-state index in [9.17, 15) is 9.90 Å². The predicted molar refractivity (Wildman–Crippen MR) is 61.6 cm³/mol. The van der Waals surface area contributed by atoms with E-state index in [2.05, 4.69) is 13.0 Å². The molecule has 1 aromatic rings. The quantitative estimate of drug-likeness (QED) is 0.793. The maximum absolute atomic E-state index is 11.2. The third-order valence-electron chi connectivity index (χ3n) is 2.91. The molecule has 80 valence electrons. The van der Waals surface area contributed by atoms with Crippen molar-refractivity contribution in [2.45, 2.75) is 31.1 Å². The van der Waals surface area contributed by atoms with Crippen molar-refractivity contribution in [2.75, 3.05) is 5.75 Å². The molecule has 0 saturated heterocycles. The first-order valence-corrected chi connectivity index (χ1v) is 6.05. The Balaban J connectivity index is 2.59. The SMILES string of the molecule is Cc1ccc(C)c2c1SCCC2C(=O)O. The summed E-state index contributed by atoms with van der Waals surface area (Å²) in [6.07, 6.45) is 0.747. The minimum Gasteiger partial charge on any atom is -0.481 e. The number of aryl methyl sites for hydroxylation is 2. The topological polar surface area (TPSA) is 37.3 Å². The molecule has 2 nitrogen and oxygen atoms in total. The van der Waals surface area contributed by atoms with E-state index in [0.717, 1.165) is 23.3 Å². The van der Waals surface area contributed by atoms with Crippen LogP contribution in [0.15, 0.2) is 17.0 Å². The summed E-state index contributed by atoms with van der Waals surface area (Å²) in [5, 5.41) is 9.19. The maximum Gasteiger partial charge on any atom is 0.311 e. The Morgan fingerprint density at radius 3 is 2.73 bits per heavy atom. The number of fused-ring (bicyclic) bond motifs is 1. The summed E-state index contributed by atoms with van der Waals surface area (Å²) in [5.41, 5.74) is 3.35. The third-order valence-corrected chi connectivity index (χ3v) is 4.18. The number of hydrogen-bond donors (Lipinski definition) is 1. The van der Waals surface area contributed by atoms with Crippen LogP contribution in [0.1, 0.15) is 29.0 Å². The molecule has 1 aliphatic rings. The molecule has 0 aliphatic carbocycles. The number of rotatable bonds is 1. The molecule has 2 rings (SSSR count). The lowest BCUT2D eigenvalue weighted by molar-refractivity contribution is -0.138. The molecule has 0 spiro atoms. The van der Waals surface area contributed by atoms with E-state index < -0.39 is 5.97 Å². The van der Waals surface area contributed by atoms with Crippen LogP contribution in [0.4, 0.5) is 0 Å². The van der Waals surface area contributed by atoms with Gasteiger partial charge in [-0.05, 0) is 42.7 Å². The number of carboxylic acids is 1. The molecule has 1 unspecified atom stereocenters. The predicted octanol–water partition coefficient (Wildman–Crippen LogP) is 2.97. The molecular weight excluding hydrogens is 208 g/mol. The summed E-state index contributed by atoms with van der Waals surface area (Å²) >= 11 is 1.79. The van der Waals surface area contributed by atoms with Gasteiger partial charge in [-0.1, -0.05) is 12.1 Å². The average molecular weight is 222 g/mol. The summed E-state index contributed by atoms with van der Waals surface area (Å²) in [7, 11) is 0. The molecule has 0 saturated carbocycles. The van der Waals surface area contributed by atoms with Crippen LogP contribution in [0.3, 0.4) is 0 Å². The fourth-order valence-corrected chi connectivity index (χ4v) is 3.41. The molecular formula is C12H14O2S. The Morgan fingerprint density at radius 2 is 2.07 bits per heavy atom. The Kier molecular flexibility index (Phi) is 2.74. The van der Waals surface area contributed by atoms with Crippen molar-refractivity contribution in [3.63, 3.8) is 0 Å². The van der Waals surface area contributed by atoms with Crippen molar-refractivity contribution in [1.29, 1.82) is 0 Å². The highest BCUT2D eigenvalue weighted by atomic mass is 32.2. The van der Waals surface area contributed by atoms with E-state index in [0.29, 0.717) is 0 Å². The van der Waals surface area contributed by atoms with Gasteiger partial charge in [0.2, 0.25) is 0 Å². The van der Waals surface area contributed by atoms with Gasteiger partial charge < -0.3 is 5.11 Å². The van der Waals surface area contributed by atoms with Gasteiger partial charge in [0.1, 0.15) is 0 Å². The van der Waals surface area contributed by atoms with Crippen LogP contribution < -0.4 is 0 Å². The van der Waals surface area contributed by atoms with Gasteiger partial charge in [-0.15, -0.1) is 11.8 Å². The minimum absolute atomic E-state index is 0.304. The van der Waals surface area contributed by atoms with Crippen LogP contribution in [0.2, 0.25) is 0 Å². The highest BCUT2D eigenvalue weighted by Gasteiger charge is 2.28. The largest absolute Gasteiger partial charge is 0.481 e. The Morgan fingerprint density at radius 1 is 1.40 bits per heavy atom. The molecule has 1 atom stereocenters. The molecule has 1 aromatic carbocycles. The summed E-state index contributed by atoms with van der Waals surface area (Å²) < 4.78 is 0. The minimum atomic E-state index is -0.690. The van der Waals surface area contributed by atoms with Crippen molar-refractivity contribution in [3.05, 3.63) is 28.8 Å². The van der Waals surface area contributed by atoms with E-state index >= 15 is 0 Å².